The number of rotatable bonds is 4. The van der Waals surface area contributed by atoms with Crippen LogP contribution in [-0.4, -0.2) is 10.3 Å². The summed E-state index contributed by atoms with van der Waals surface area (Å²) in [6.07, 6.45) is 0. The van der Waals surface area contributed by atoms with Gasteiger partial charge >= 0.3 is 0 Å². The summed E-state index contributed by atoms with van der Waals surface area (Å²) in [6, 6.07) is 1.92. The van der Waals surface area contributed by atoms with Crippen LogP contribution in [0, 0.1) is 13.8 Å². The van der Waals surface area contributed by atoms with Gasteiger partial charge in [-0.3, -0.25) is 0 Å². The molecular formula is C12H17N3O2. The number of nitrogens with one attached hydrogen (secondary N) is 1. The van der Waals surface area contributed by atoms with Gasteiger partial charge in [0, 0.05) is 24.1 Å². The Bertz CT molecular complexity index is 480. The molecule has 0 radical (unpaired) electrons. The van der Waals surface area contributed by atoms with Crippen LogP contribution < -0.4 is 5.32 Å². The van der Waals surface area contributed by atoms with E-state index in [0.717, 1.165) is 28.6 Å². The van der Waals surface area contributed by atoms with E-state index in [1.54, 1.807) is 0 Å². The summed E-state index contributed by atoms with van der Waals surface area (Å²) in [5, 5.41) is 11.1. The molecule has 92 valence electrons. The predicted octanol–water partition coefficient (Wildman–Crippen LogP) is 3.01. The van der Waals surface area contributed by atoms with Gasteiger partial charge < -0.3 is 14.4 Å². The maximum atomic E-state index is 5.20. The van der Waals surface area contributed by atoms with Crippen LogP contribution in [0.15, 0.2) is 15.1 Å². The molecule has 0 spiro atoms. The summed E-state index contributed by atoms with van der Waals surface area (Å²) in [6.45, 7) is 8.61. The maximum Gasteiger partial charge on any atom is 0.169 e. The average Bonchev–Trinajstić information content (AvgIpc) is 2.85. The largest absolute Gasteiger partial charge is 0.363 e. The number of nitrogens with zero attached hydrogens (tertiary/aromatic N) is 2. The van der Waals surface area contributed by atoms with E-state index >= 15 is 0 Å². The Hall–Kier alpha value is -1.78. The Labute approximate surface area is 100 Å². The first-order valence-corrected chi connectivity index (χ1v) is 5.70. The van der Waals surface area contributed by atoms with Gasteiger partial charge in [-0.15, -0.1) is 0 Å². The van der Waals surface area contributed by atoms with Crippen LogP contribution in [0.5, 0.6) is 0 Å². The highest BCUT2D eigenvalue weighted by atomic mass is 16.5. The second-order valence-corrected chi connectivity index (χ2v) is 4.43. The summed E-state index contributed by atoms with van der Waals surface area (Å²) in [5.74, 6) is 2.81. The van der Waals surface area contributed by atoms with Crippen LogP contribution in [0.25, 0.3) is 0 Å². The van der Waals surface area contributed by atoms with Gasteiger partial charge in [-0.1, -0.05) is 24.2 Å². The van der Waals surface area contributed by atoms with Gasteiger partial charge in [0.15, 0.2) is 5.82 Å². The van der Waals surface area contributed by atoms with Crippen LogP contribution in [-0.2, 0) is 6.54 Å². The Morgan fingerprint density at radius 1 is 1.24 bits per heavy atom. The Balaban J connectivity index is 2.02. The molecule has 0 atom stereocenters. The number of anilines is 1. The third-order valence-electron chi connectivity index (χ3n) is 2.72. The number of hydrogen-bond donors (Lipinski definition) is 1. The first kappa shape index (κ1) is 11.7. The lowest BCUT2D eigenvalue weighted by atomic mass is 10.1. The van der Waals surface area contributed by atoms with E-state index in [1.807, 2.05) is 19.9 Å². The molecule has 2 aromatic rings. The summed E-state index contributed by atoms with van der Waals surface area (Å²) in [7, 11) is 0. The number of hydrogen-bond acceptors (Lipinski definition) is 5. The molecule has 2 rings (SSSR count). The van der Waals surface area contributed by atoms with Crippen molar-refractivity contribution in [1.82, 2.24) is 10.3 Å². The third-order valence-corrected chi connectivity index (χ3v) is 2.72. The zero-order valence-electron chi connectivity index (χ0n) is 10.6. The topological polar surface area (TPSA) is 64.1 Å². The molecule has 0 bridgehead atoms. The van der Waals surface area contributed by atoms with Crippen molar-refractivity contribution in [3.8, 4) is 0 Å². The van der Waals surface area contributed by atoms with E-state index in [0.29, 0.717) is 12.5 Å². The van der Waals surface area contributed by atoms with Gasteiger partial charge in [-0.25, -0.2) is 0 Å². The maximum absolute atomic E-state index is 5.20. The fourth-order valence-corrected chi connectivity index (χ4v) is 1.58. The fourth-order valence-electron chi connectivity index (χ4n) is 1.58. The Morgan fingerprint density at radius 3 is 2.53 bits per heavy atom. The first-order valence-electron chi connectivity index (χ1n) is 5.70. The normalized spacial score (nSPS) is 11.1. The Morgan fingerprint density at radius 2 is 2.00 bits per heavy atom. The summed E-state index contributed by atoms with van der Waals surface area (Å²) >= 11 is 0. The molecule has 5 nitrogen and oxygen atoms in total. The van der Waals surface area contributed by atoms with Gasteiger partial charge in [0.25, 0.3) is 0 Å². The first-order chi connectivity index (χ1) is 8.08. The quantitative estimate of drug-likeness (QED) is 0.882. The molecule has 17 heavy (non-hydrogen) atoms. The van der Waals surface area contributed by atoms with Crippen molar-refractivity contribution in [2.45, 2.75) is 40.2 Å². The monoisotopic (exact) mass is 235 g/mol. The van der Waals surface area contributed by atoms with E-state index in [9.17, 15) is 0 Å². The molecule has 2 aromatic heterocycles. The molecule has 0 unspecified atom stereocenters. The molecule has 0 aliphatic rings. The molecule has 0 aliphatic heterocycles. The molecule has 0 amide bonds. The van der Waals surface area contributed by atoms with Gasteiger partial charge in [0.2, 0.25) is 0 Å². The fraction of sp³-hybridized carbons (Fsp3) is 0.500. The molecule has 5 heteroatoms. The zero-order chi connectivity index (χ0) is 12.4. The second kappa shape index (κ2) is 4.61. The minimum absolute atomic E-state index is 0.345. The molecule has 0 saturated carbocycles. The molecule has 0 saturated heterocycles. The van der Waals surface area contributed by atoms with Crippen LogP contribution in [0.4, 0.5) is 5.82 Å². The summed E-state index contributed by atoms with van der Waals surface area (Å²) < 4.78 is 10.3. The lowest BCUT2D eigenvalue weighted by Crippen LogP contribution is -2.01. The van der Waals surface area contributed by atoms with E-state index in [2.05, 4.69) is 29.5 Å². The number of aromatic nitrogens is 2. The Kier molecular flexibility index (Phi) is 3.17. The zero-order valence-corrected chi connectivity index (χ0v) is 10.6. The van der Waals surface area contributed by atoms with Crippen molar-refractivity contribution in [2.75, 3.05) is 5.32 Å². The van der Waals surface area contributed by atoms with Crippen molar-refractivity contribution in [3.05, 3.63) is 28.8 Å². The summed E-state index contributed by atoms with van der Waals surface area (Å²) in [4.78, 5) is 0. The third kappa shape index (κ3) is 2.49. The van der Waals surface area contributed by atoms with Gasteiger partial charge in [0.1, 0.15) is 11.5 Å². The molecular weight excluding hydrogens is 218 g/mol. The number of aryl methyl sites for hydroxylation is 2. The van der Waals surface area contributed by atoms with Crippen LogP contribution in [0.1, 0.15) is 42.5 Å². The van der Waals surface area contributed by atoms with Crippen molar-refractivity contribution in [1.29, 1.82) is 0 Å². The van der Waals surface area contributed by atoms with Crippen molar-refractivity contribution >= 4 is 5.82 Å². The van der Waals surface area contributed by atoms with E-state index in [-0.39, 0.29) is 0 Å². The molecule has 0 aromatic carbocycles. The van der Waals surface area contributed by atoms with Crippen molar-refractivity contribution in [3.63, 3.8) is 0 Å². The van der Waals surface area contributed by atoms with Crippen LogP contribution >= 0.6 is 0 Å². The highest BCUT2D eigenvalue weighted by Crippen LogP contribution is 2.19. The van der Waals surface area contributed by atoms with E-state index < -0.39 is 0 Å². The molecule has 1 N–H and O–H groups in total. The molecule has 0 aliphatic carbocycles. The smallest absolute Gasteiger partial charge is 0.169 e. The lowest BCUT2D eigenvalue weighted by Gasteiger charge is -2.00. The standard InChI is InChI=1S/C12H17N3O2/c1-7(2)11-5-12(15-17-11)13-6-10-8(3)14-16-9(10)4/h5,7H,6H2,1-4H3,(H,13,15). The van der Waals surface area contributed by atoms with Gasteiger partial charge in [-0.05, 0) is 13.8 Å². The van der Waals surface area contributed by atoms with Crippen LogP contribution in [0.3, 0.4) is 0 Å². The van der Waals surface area contributed by atoms with Crippen LogP contribution in [0.2, 0.25) is 0 Å². The van der Waals surface area contributed by atoms with Crippen molar-refractivity contribution in [2.24, 2.45) is 0 Å². The van der Waals surface area contributed by atoms with E-state index in [4.69, 9.17) is 9.05 Å². The van der Waals surface area contributed by atoms with Crippen molar-refractivity contribution < 1.29 is 9.05 Å². The van der Waals surface area contributed by atoms with Gasteiger partial charge in [-0.2, -0.15) is 0 Å². The lowest BCUT2D eigenvalue weighted by molar-refractivity contribution is 0.373. The summed E-state index contributed by atoms with van der Waals surface area (Å²) in [5.41, 5.74) is 1.97. The minimum Gasteiger partial charge on any atom is -0.363 e. The van der Waals surface area contributed by atoms with E-state index in [1.165, 1.54) is 0 Å². The molecule has 0 fully saturated rings. The highest BCUT2D eigenvalue weighted by molar-refractivity contribution is 5.36. The van der Waals surface area contributed by atoms with Gasteiger partial charge in [0.05, 0.1) is 5.69 Å². The second-order valence-electron chi connectivity index (χ2n) is 4.43. The minimum atomic E-state index is 0.345. The highest BCUT2D eigenvalue weighted by Gasteiger charge is 2.11. The average molecular weight is 235 g/mol. The SMILES string of the molecule is Cc1noc(C)c1CNc1cc(C(C)C)on1. The molecule has 2 heterocycles. The predicted molar refractivity (Wildman–Crippen MR) is 63.9 cm³/mol.